The SMILES string of the molecule is C=CC(=O)Nc1cc2c(s1)CN(S(=O)(=O)c1cccc(C(=O)N3CCCCC3)c1)C2. The van der Waals surface area contributed by atoms with Gasteiger partial charge in [0.05, 0.1) is 9.90 Å². The monoisotopic (exact) mass is 445 g/mol. The van der Waals surface area contributed by atoms with E-state index in [4.69, 9.17) is 0 Å². The molecule has 2 amide bonds. The average Bonchev–Trinajstić information content (AvgIpc) is 3.33. The number of hydrogen-bond acceptors (Lipinski definition) is 5. The summed E-state index contributed by atoms with van der Waals surface area (Å²) >= 11 is 1.36. The van der Waals surface area contributed by atoms with Crippen LogP contribution < -0.4 is 5.32 Å². The van der Waals surface area contributed by atoms with Crippen LogP contribution in [0.25, 0.3) is 0 Å². The molecular formula is C21H23N3O4S2. The number of rotatable bonds is 5. The Morgan fingerprint density at radius 2 is 1.87 bits per heavy atom. The van der Waals surface area contributed by atoms with E-state index in [1.165, 1.54) is 33.9 Å². The lowest BCUT2D eigenvalue weighted by Crippen LogP contribution is -2.35. The molecule has 2 aliphatic heterocycles. The molecule has 1 saturated heterocycles. The van der Waals surface area contributed by atoms with Crippen LogP contribution in [0.5, 0.6) is 0 Å². The van der Waals surface area contributed by atoms with Gasteiger partial charge in [-0.25, -0.2) is 8.42 Å². The molecule has 0 spiro atoms. The quantitative estimate of drug-likeness (QED) is 0.716. The predicted octanol–water partition coefficient (Wildman–Crippen LogP) is 3.20. The molecule has 9 heteroatoms. The van der Waals surface area contributed by atoms with E-state index >= 15 is 0 Å². The third-order valence-corrected chi connectivity index (χ3v) is 8.22. The maximum Gasteiger partial charge on any atom is 0.253 e. The highest BCUT2D eigenvalue weighted by Crippen LogP contribution is 2.37. The van der Waals surface area contributed by atoms with E-state index in [2.05, 4.69) is 11.9 Å². The Balaban J connectivity index is 1.51. The van der Waals surface area contributed by atoms with Crippen LogP contribution in [0, 0.1) is 0 Å². The van der Waals surface area contributed by atoms with Crippen LogP contribution in [0.2, 0.25) is 0 Å². The Bertz CT molecular complexity index is 1080. The van der Waals surface area contributed by atoms with Crippen molar-refractivity contribution in [1.29, 1.82) is 0 Å². The number of sulfonamides is 1. The lowest BCUT2D eigenvalue weighted by atomic mass is 10.1. The van der Waals surface area contributed by atoms with Gasteiger partial charge in [0.25, 0.3) is 5.91 Å². The molecule has 4 rings (SSSR count). The van der Waals surface area contributed by atoms with E-state index in [1.54, 1.807) is 23.1 Å². The lowest BCUT2D eigenvalue weighted by molar-refractivity contribution is -0.111. The smallest absolute Gasteiger partial charge is 0.253 e. The second kappa shape index (κ2) is 8.33. The minimum atomic E-state index is -3.74. The van der Waals surface area contributed by atoms with Crippen LogP contribution in [-0.4, -0.2) is 42.5 Å². The Labute approximate surface area is 180 Å². The Morgan fingerprint density at radius 3 is 2.57 bits per heavy atom. The number of carbonyl (C=O) groups excluding carboxylic acids is 2. The predicted molar refractivity (Wildman–Crippen MR) is 116 cm³/mol. The number of thiophene rings is 1. The molecule has 0 atom stereocenters. The van der Waals surface area contributed by atoms with Gasteiger partial charge in [0, 0.05) is 36.6 Å². The van der Waals surface area contributed by atoms with Gasteiger partial charge in [0.1, 0.15) is 0 Å². The van der Waals surface area contributed by atoms with Gasteiger partial charge in [-0.1, -0.05) is 12.6 Å². The molecule has 1 fully saturated rings. The third-order valence-electron chi connectivity index (χ3n) is 5.36. The van der Waals surface area contributed by atoms with Crippen molar-refractivity contribution in [2.45, 2.75) is 37.2 Å². The molecule has 3 heterocycles. The highest BCUT2D eigenvalue weighted by atomic mass is 32.2. The van der Waals surface area contributed by atoms with Gasteiger partial charge < -0.3 is 10.2 Å². The highest BCUT2D eigenvalue weighted by Gasteiger charge is 2.33. The molecule has 1 N–H and O–H groups in total. The average molecular weight is 446 g/mol. The second-order valence-electron chi connectivity index (χ2n) is 7.41. The van der Waals surface area contributed by atoms with Crippen molar-refractivity contribution >= 4 is 38.2 Å². The highest BCUT2D eigenvalue weighted by molar-refractivity contribution is 7.89. The number of carbonyl (C=O) groups is 2. The number of amides is 2. The van der Waals surface area contributed by atoms with E-state index in [9.17, 15) is 18.0 Å². The van der Waals surface area contributed by atoms with Crippen LogP contribution in [0.1, 0.15) is 40.1 Å². The molecule has 1 aromatic carbocycles. The van der Waals surface area contributed by atoms with E-state index in [1.807, 2.05) is 0 Å². The summed E-state index contributed by atoms with van der Waals surface area (Å²) in [6.07, 6.45) is 4.28. The van der Waals surface area contributed by atoms with Gasteiger partial charge in [-0.2, -0.15) is 4.31 Å². The lowest BCUT2D eigenvalue weighted by Gasteiger charge is -2.27. The maximum atomic E-state index is 13.2. The second-order valence-corrected chi connectivity index (χ2v) is 10.5. The summed E-state index contributed by atoms with van der Waals surface area (Å²) < 4.78 is 27.8. The summed E-state index contributed by atoms with van der Waals surface area (Å²) in [6.45, 7) is 5.34. The van der Waals surface area contributed by atoms with Crippen LogP contribution >= 0.6 is 11.3 Å². The van der Waals surface area contributed by atoms with Crippen molar-refractivity contribution in [1.82, 2.24) is 9.21 Å². The fourth-order valence-corrected chi connectivity index (χ4v) is 6.37. The standard InChI is InChI=1S/C21H23N3O4S2/c1-2-19(25)22-20-12-16-13-24(14-18(16)29-20)30(27,28)17-8-6-7-15(11-17)21(26)23-9-4-3-5-10-23/h2,6-8,11-12H,1,3-5,9-10,13-14H2,(H,22,25). The van der Waals surface area contributed by atoms with Crippen LogP contribution in [0.4, 0.5) is 5.00 Å². The van der Waals surface area contributed by atoms with Crippen molar-refractivity contribution in [3.63, 3.8) is 0 Å². The van der Waals surface area contributed by atoms with E-state index in [-0.39, 0.29) is 29.8 Å². The van der Waals surface area contributed by atoms with Crippen LogP contribution in [-0.2, 0) is 27.9 Å². The molecular weight excluding hydrogens is 422 g/mol. The fraction of sp³-hybridized carbons (Fsp3) is 0.333. The summed E-state index contributed by atoms with van der Waals surface area (Å²) in [5.41, 5.74) is 1.28. The molecule has 0 unspecified atom stereocenters. The first kappa shape index (κ1) is 20.8. The maximum absolute atomic E-state index is 13.2. The molecule has 7 nitrogen and oxygen atoms in total. The summed E-state index contributed by atoms with van der Waals surface area (Å²) in [6, 6.07) is 8.11. The van der Waals surface area contributed by atoms with Gasteiger partial charge in [-0.15, -0.1) is 11.3 Å². The van der Waals surface area contributed by atoms with Crippen molar-refractivity contribution in [3.05, 3.63) is 59.0 Å². The molecule has 30 heavy (non-hydrogen) atoms. The number of anilines is 1. The van der Waals surface area contributed by atoms with Crippen LogP contribution in [0.3, 0.4) is 0 Å². The molecule has 0 saturated carbocycles. The zero-order chi connectivity index (χ0) is 21.3. The van der Waals surface area contributed by atoms with Gasteiger partial charge in [0.15, 0.2) is 0 Å². The van der Waals surface area contributed by atoms with E-state index in [0.29, 0.717) is 23.7 Å². The molecule has 0 radical (unpaired) electrons. The molecule has 158 valence electrons. The number of fused-ring (bicyclic) bond motifs is 1. The van der Waals surface area contributed by atoms with Crippen molar-refractivity contribution in [2.75, 3.05) is 18.4 Å². The number of nitrogens with one attached hydrogen (secondary N) is 1. The first-order valence-corrected chi connectivity index (χ1v) is 12.1. The molecule has 0 bridgehead atoms. The molecule has 1 aromatic heterocycles. The van der Waals surface area contributed by atoms with E-state index < -0.39 is 10.0 Å². The fourth-order valence-electron chi connectivity index (χ4n) is 3.76. The number of benzene rings is 1. The van der Waals surface area contributed by atoms with E-state index in [0.717, 1.165) is 29.7 Å². The first-order valence-electron chi connectivity index (χ1n) is 9.83. The summed E-state index contributed by atoms with van der Waals surface area (Å²) in [5, 5.41) is 3.39. The Hall–Kier alpha value is -2.49. The van der Waals surface area contributed by atoms with Crippen molar-refractivity contribution in [3.8, 4) is 0 Å². The van der Waals surface area contributed by atoms with Gasteiger partial charge in [-0.05, 0) is 55.2 Å². The normalized spacial score (nSPS) is 16.9. The van der Waals surface area contributed by atoms with Crippen LogP contribution in [0.15, 0.2) is 47.9 Å². The minimum Gasteiger partial charge on any atom is -0.339 e. The molecule has 2 aromatic rings. The number of nitrogens with zero attached hydrogens (tertiary/aromatic N) is 2. The number of piperidine rings is 1. The molecule has 2 aliphatic rings. The molecule has 0 aliphatic carbocycles. The van der Waals surface area contributed by atoms with Crippen molar-refractivity contribution < 1.29 is 18.0 Å². The summed E-state index contributed by atoms with van der Waals surface area (Å²) in [4.78, 5) is 27.0. The minimum absolute atomic E-state index is 0.116. The Morgan fingerprint density at radius 1 is 1.10 bits per heavy atom. The van der Waals surface area contributed by atoms with Gasteiger partial charge in [0.2, 0.25) is 15.9 Å². The summed E-state index contributed by atoms with van der Waals surface area (Å²) in [5.74, 6) is -0.413. The van der Waals surface area contributed by atoms with Crippen molar-refractivity contribution in [2.24, 2.45) is 0 Å². The van der Waals surface area contributed by atoms with Gasteiger partial charge in [-0.3, -0.25) is 9.59 Å². The number of hydrogen-bond donors (Lipinski definition) is 1. The van der Waals surface area contributed by atoms with Gasteiger partial charge >= 0.3 is 0 Å². The largest absolute Gasteiger partial charge is 0.339 e. The third kappa shape index (κ3) is 4.05. The Kier molecular flexibility index (Phi) is 5.77. The zero-order valence-corrected chi connectivity index (χ0v) is 18.1. The zero-order valence-electron chi connectivity index (χ0n) is 16.5. The number of likely N-dealkylation sites (tertiary alicyclic amines) is 1. The summed E-state index contributed by atoms with van der Waals surface area (Å²) in [7, 11) is -3.74. The first-order chi connectivity index (χ1) is 14.4. The topological polar surface area (TPSA) is 86.8 Å².